The van der Waals surface area contributed by atoms with Gasteiger partial charge < -0.3 is 5.32 Å². The van der Waals surface area contributed by atoms with Gasteiger partial charge in [0, 0.05) is 10.7 Å². The van der Waals surface area contributed by atoms with Crippen molar-refractivity contribution in [3.05, 3.63) is 51.8 Å². The average Bonchev–Trinajstić information content (AvgIpc) is 2.42. The molecule has 0 radical (unpaired) electrons. The zero-order chi connectivity index (χ0) is 13.2. The first-order chi connectivity index (χ1) is 9.24. The minimum atomic E-state index is 0.645. The molecule has 4 heteroatoms. The van der Waals surface area contributed by atoms with Crippen LogP contribution in [0.4, 0.5) is 11.4 Å². The Morgan fingerprint density at radius 1 is 1.05 bits per heavy atom. The average molecular weight is 293 g/mol. The molecule has 0 unspecified atom stereocenters. The van der Waals surface area contributed by atoms with Gasteiger partial charge >= 0.3 is 0 Å². The fourth-order valence-electron chi connectivity index (χ4n) is 2.54. The van der Waals surface area contributed by atoms with Crippen LogP contribution >= 0.6 is 23.2 Å². The van der Waals surface area contributed by atoms with E-state index in [9.17, 15) is 0 Å². The van der Waals surface area contributed by atoms with Crippen LogP contribution in [0.15, 0.2) is 30.5 Å². The molecule has 0 spiro atoms. The third kappa shape index (κ3) is 2.70. The van der Waals surface area contributed by atoms with E-state index in [2.05, 4.69) is 10.3 Å². The first kappa shape index (κ1) is 12.8. The molecular formula is C15H14Cl2N2. The predicted molar refractivity (Wildman–Crippen MR) is 80.6 cm³/mol. The molecule has 0 atom stereocenters. The number of anilines is 2. The van der Waals surface area contributed by atoms with Crippen molar-refractivity contribution in [1.82, 2.24) is 4.98 Å². The van der Waals surface area contributed by atoms with Crippen molar-refractivity contribution in [1.29, 1.82) is 0 Å². The van der Waals surface area contributed by atoms with Crippen LogP contribution < -0.4 is 5.32 Å². The fourth-order valence-corrected chi connectivity index (χ4v) is 2.98. The van der Waals surface area contributed by atoms with Gasteiger partial charge in [-0.25, -0.2) is 4.98 Å². The second kappa shape index (κ2) is 5.40. The van der Waals surface area contributed by atoms with Crippen LogP contribution in [0, 0.1) is 0 Å². The quantitative estimate of drug-likeness (QED) is 0.787. The molecule has 1 heterocycles. The summed E-state index contributed by atoms with van der Waals surface area (Å²) in [5.41, 5.74) is 4.51. The van der Waals surface area contributed by atoms with E-state index in [1.165, 1.54) is 24.0 Å². The van der Waals surface area contributed by atoms with Gasteiger partial charge in [-0.3, -0.25) is 0 Å². The van der Waals surface area contributed by atoms with Crippen LogP contribution in [0.1, 0.15) is 24.0 Å². The molecule has 3 rings (SSSR count). The summed E-state index contributed by atoms with van der Waals surface area (Å²) in [6.07, 6.45) is 6.28. The SMILES string of the molecule is Clc1cccc(Nc2cnc(Cl)c3c2CCCC3)c1. The van der Waals surface area contributed by atoms with Crippen LogP contribution in [0.2, 0.25) is 10.2 Å². The number of halogens is 2. The number of pyridine rings is 1. The smallest absolute Gasteiger partial charge is 0.132 e. The van der Waals surface area contributed by atoms with Gasteiger partial charge in [0.2, 0.25) is 0 Å². The van der Waals surface area contributed by atoms with Crippen molar-refractivity contribution >= 4 is 34.6 Å². The van der Waals surface area contributed by atoms with Gasteiger partial charge in [0.1, 0.15) is 5.15 Å². The Kier molecular flexibility index (Phi) is 3.63. The highest BCUT2D eigenvalue weighted by atomic mass is 35.5. The molecular weight excluding hydrogens is 279 g/mol. The van der Waals surface area contributed by atoms with E-state index in [1.807, 2.05) is 30.5 Å². The molecule has 98 valence electrons. The third-order valence-electron chi connectivity index (χ3n) is 3.45. The monoisotopic (exact) mass is 292 g/mol. The summed E-state index contributed by atoms with van der Waals surface area (Å²) in [6, 6.07) is 7.70. The highest BCUT2D eigenvalue weighted by Gasteiger charge is 2.17. The molecule has 1 aliphatic carbocycles. The Labute approximate surface area is 122 Å². The van der Waals surface area contributed by atoms with E-state index >= 15 is 0 Å². The number of fused-ring (bicyclic) bond motifs is 1. The van der Waals surface area contributed by atoms with Crippen molar-refractivity contribution in [3.63, 3.8) is 0 Å². The van der Waals surface area contributed by atoms with E-state index in [0.29, 0.717) is 5.15 Å². The second-order valence-corrected chi connectivity index (χ2v) is 5.56. The van der Waals surface area contributed by atoms with Gasteiger partial charge in [-0.2, -0.15) is 0 Å². The van der Waals surface area contributed by atoms with Crippen LogP contribution in [0.3, 0.4) is 0 Å². The molecule has 0 amide bonds. The lowest BCUT2D eigenvalue weighted by Crippen LogP contribution is -2.08. The number of hydrogen-bond donors (Lipinski definition) is 1. The number of hydrogen-bond acceptors (Lipinski definition) is 2. The summed E-state index contributed by atoms with van der Waals surface area (Å²) >= 11 is 12.2. The predicted octanol–water partition coefficient (Wildman–Crippen LogP) is 5.01. The Hall–Kier alpha value is -1.25. The van der Waals surface area contributed by atoms with Crippen molar-refractivity contribution in [2.24, 2.45) is 0 Å². The summed E-state index contributed by atoms with van der Waals surface area (Å²) in [4.78, 5) is 4.28. The Morgan fingerprint density at radius 3 is 2.63 bits per heavy atom. The van der Waals surface area contributed by atoms with Gasteiger partial charge in [-0.15, -0.1) is 0 Å². The molecule has 1 aromatic carbocycles. The maximum atomic E-state index is 6.18. The molecule has 19 heavy (non-hydrogen) atoms. The highest BCUT2D eigenvalue weighted by molar-refractivity contribution is 6.31. The van der Waals surface area contributed by atoms with Crippen molar-refractivity contribution < 1.29 is 0 Å². The molecule has 0 saturated heterocycles. The second-order valence-electron chi connectivity index (χ2n) is 4.76. The minimum Gasteiger partial charge on any atom is -0.354 e. The van der Waals surface area contributed by atoms with Crippen LogP contribution in [-0.4, -0.2) is 4.98 Å². The zero-order valence-electron chi connectivity index (χ0n) is 10.4. The van der Waals surface area contributed by atoms with Crippen LogP contribution in [-0.2, 0) is 12.8 Å². The molecule has 0 bridgehead atoms. The summed E-state index contributed by atoms with van der Waals surface area (Å²) in [6.45, 7) is 0. The standard InChI is InChI=1S/C15H14Cl2N2/c16-10-4-3-5-11(8-10)19-14-9-18-15(17)13-7-2-1-6-12(13)14/h3-5,8-9,19H,1-2,6-7H2. The highest BCUT2D eigenvalue weighted by Crippen LogP contribution is 2.33. The van der Waals surface area contributed by atoms with Crippen molar-refractivity contribution in [3.8, 4) is 0 Å². The molecule has 0 aliphatic heterocycles. The van der Waals surface area contributed by atoms with E-state index in [4.69, 9.17) is 23.2 Å². The first-order valence-electron chi connectivity index (χ1n) is 6.43. The Balaban J connectivity index is 1.97. The van der Waals surface area contributed by atoms with Gasteiger partial charge in [0.15, 0.2) is 0 Å². The summed E-state index contributed by atoms with van der Waals surface area (Å²) in [7, 11) is 0. The molecule has 0 saturated carbocycles. The lowest BCUT2D eigenvalue weighted by atomic mass is 9.92. The topological polar surface area (TPSA) is 24.9 Å². The van der Waals surface area contributed by atoms with Gasteiger partial charge in [0.05, 0.1) is 11.9 Å². The lowest BCUT2D eigenvalue weighted by molar-refractivity contribution is 0.684. The van der Waals surface area contributed by atoms with Gasteiger partial charge in [-0.05, 0) is 55.0 Å². The molecule has 2 nitrogen and oxygen atoms in total. The molecule has 0 fully saturated rings. The maximum absolute atomic E-state index is 6.18. The molecule has 2 aromatic rings. The number of aromatic nitrogens is 1. The van der Waals surface area contributed by atoms with E-state index in [1.54, 1.807) is 0 Å². The van der Waals surface area contributed by atoms with Crippen molar-refractivity contribution in [2.75, 3.05) is 5.32 Å². The molecule has 1 aliphatic rings. The summed E-state index contributed by atoms with van der Waals surface area (Å²) < 4.78 is 0. The van der Waals surface area contributed by atoms with Crippen LogP contribution in [0.5, 0.6) is 0 Å². The zero-order valence-corrected chi connectivity index (χ0v) is 11.9. The summed E-state index contributed by atoms with van der Waals surface area (Å²) in [5.74, 6) is 0. The first-order valence-corrected chi connectivity index (χ1v) is 7.18. The molecule has 1 aromatic heterocycles. The maximum Gasteiger partial charge on any atom is 0.132 e. The summed E-state index contributed by atoms with van der Waals surface area (Å²) in [5, 5.41) is 4.76. The van der Waals surface area contributed by atoms with E-state index in [0.717, 1.165) is 29.2 Å². The van der Waals surface area contributed by atoms with E-state index in [-0.39, 0.29) is 0 Å². The Morgan fingerprint density at radius 2 is 1.84 bits per heavy atom. The van der Waals surface area contributed by atoms with Gasteiger partial charge in [-0.1, -0.05) is 29.3 Å². The van der Waals surface area contributed by atoms with E-state index < -0.39 is 0 Å². The number of nitrogens with zero attached hydrogens (tertiary/aromatic N) is 1. The number of rotatable bonds is 2. The largest absolute Gasteiger partial charge is 0.354 e. The molecule has 1 N–H and O–H groups in total. The lowest BCUT2D eigenvalue weighted by Gasteiger charge is -2.20. The third-order valence-corrected chi connectivity index (χ3v) is 4.01. The number of nitrogens with one attached hydrogen (secondary N) is 1. The number of benzene rings is 1. The Bertz CT molecular complexity index is 611. The fraction of sp³-hybridized carbons (Fsp3) is 0.267. The van der Waals surface area contributed by atoms with Gasteiger partial charge in [0.25, 0.3) is 0 Å². The van der Waals surface area contributed by atoms with Crippen molar-refractivity contribution in [2.45, 2.75) is 25.7 Å². The normalized spacial score (nSPS) is 14.0. The van der Waals surface area contributed by atoms with Crippen LogP contribution in [0.25, 0.3) is 0 Å². The minimum absolute atomic E-state index is 0.645.